The lowest BCUT2D eigenvalue weighted by atomic mass is 9.76. The first-order chi connectivity index (χ1) is 12.0. The quantitative estimate of drug-likeness (QED) is 0.769. The monoisotopic (exact) mass is 373 g/mol. The highest BCUT2D eigenvalue weighted by atomic mass is 19.2. The number of benzene rings is 1. The molecule has 2 heterocycles. The number of amides is 1. The van der Waals surface area contributed by atoms with Crippen molar-refractivity contribution in [3.63, 3.8) is 0 Å². The largest absolute Gasteiger partial charge is 0.444 e. The van der Waals surface area contributed by atoms with Crippen LogP contribution in [0.15, 0.2) is 12.1 Å². The van der Waals surface area contributed by atoms with E-state index < -0.39 is 52.4 Å². The second-order valence-electron chi connectivity index (χ2n) is 7.92. The van der Waals surface area contributed by atoms with Gasteiger partial charge in [0.15, 0.2) is 11.6 Å². The highest BCUT2D eigenvalue weighted by Crippen LogP contribution is 2.42. The summed E-state index contributed by atoms with van der Waals surface area (Å²) in [6.07, 6.45) is -0.769. The second kappa shape index (κ2) is 6.42. The van der Waals surface area contributed by atoms with E-state index in [1.807, 2.05) is 0 Å². The lowest BCUT2D eigenvalue weighted by Crippen LogP contribution is -2.63. The molecular formula is C18H22F3NO4. The van der Waals surface area contributed by atoms with E-state index in [0.29, 0.717) is 6.07 Å². The Morgan fingerprint density at radius 2 is 1.81 bits per heavy atom. The first kappa shape index (κ1) is 19.0. The van der Waals surface area contributed by atoms with Gasteiger partial charge in [-0.3, -0.25) is 4.90 Å². The van der Waals surface area contributed by atoms with E-state index in [-0.39, 0.29) is 26.1 Å². The maximum atomic E-state index is 14.2. The average molecular weight is 373 g/mol. The first-order valence-electron chi connectivity index (χ1n) is 8.47. The summed E-state index contributed by atoms with van der Waals surface area (Å²) in [6, 6.07) is 0.0567. The third-order valence-electron chi connectivity index (χ3n) is 4.65. The number of halogens is 3. The number of carbonyl (C=O) groups excluding carboxylic acids is 1. The Bertz CT molecular complexity index is 705. The number of ether oxygens (including phenoxy) is 2. The summed E-state index contributed by atoms with van der Waals surface area (Å²) < 4.78 is 52.3. The summed E-state index contributed by atoms with van der Waals surface area (Å²) in [6.45, 7) is 5.46. The van der Waals surface area contributed by atoms with Crippen LogP contribution in [0.5, 0.6) is 0 Å². The Hall–Kier alpha value is -1.80. The molecule has 3 rings (SSSR count). The predicted molar refractivity (Wildman–Crippen MR) is 85.9 cm³/mol. The number of morpholine rings is 1. The molecule has 0 radical (unpaired) electrons. The van der Waals surface area contributed by atoms with Crippen LogP contribution in [0, 0.1) is 17.5 Å². The van der Waals surface area contributed by atoms with Gasteiger partial charge in [-0.25, -0.2) is 18.0 Å². The fraction of sp³-hybridized carbons (Fsp3) is 0.611. The molecule has 26 heavy (non-hydrogen) atoms. The molecule has 2 fully saturated rings. The Balaban J connectivity index is 1.91. The minimum Gasteiger partial charge on any atom is -0.444 e. The third-order valence-corrected chi connectivity index (χ3v) is 4.65. The SMILES string of the molecule is CC(C)(C)OC(=O)N1C2COCC1CC(O)(c1cc(F)cc(F)c1F)C2. The first-order valence-corrected chi connectivity index (χ1v) is 8.47. The van der Waals surface area contributed by atoms with Crippen LogP contribution < -0.4 is 0 Å². The van der Waals surface area contributed by atoms with Crippen molar-refractivity contribution >= 4 is 6.09 Å². The van der Waals surface area contributed by atoms with Crippen LogP contribution in [0.1, 0.15) is 39.2 Å². The summed E-state index contributed by atoms with van der Waals surface area (Å²) in [5.41, 5.74) is -2.93. The van der Waals surface area contributed by atoms with Gasteiger partial charge in [0.05, 0.1) is 30.9 Å². The van der Waals surface area contributed by atoms with E-state index in [0.717, 1.165) is 6.07 Å². The van der Waals surface area contributed by atoms with Crippen molar-refractivity contribution in [1.82, 2.24) is 4.90 Å². The molecule has 8 heteroatoms. The molecule has 2 aliphatic rings. The number of carbonyl (C=O) groups is 1. The van der Waals surface area contributed by atoms with Crippen molar-refractivity contribution in [3.05, 3.63) is 35.1 Å². The summed E-state index contributed by atoms with van der Waals surface area (Å²) >= 11 is 0. The van der Waals surface area contributed by atoms with Crippen molar-refractivity contribution in [2.75, 3.05) is 13.2 Å². The number of hydrogen-bond acceptors (Lipinski definition) is 4. The summed E-state index contributed by atoms with van der Waals surface area (Å²) in [5, 5.41) is 11.0. The lowest BCUT2D eigenvalue weighted by Gasteiger charge is -2.51. The third kappa shape index (κ3) is 3.53. The van der Waals surface area contributed by atoms with E-state index in [4.69, 9.17) is 9.47 Å². The van der Waals surface area contributed by atoms with Gasteiger partial charge in [0.2, 0.25) is 0 Å². The fourth-order valence-electron chi connectivity index (χ4n) is 3.70. The Kier molecular flexibility index (Phi) is 4.69. The standard InChI is InChI=1S/C18H22F3NO4/c1-17(2,3)26-16(23)22-11-6-18(24,7-12(22)9-25-8-11)13-4-10(19)5-14(20)15(13)21/h4-5,11-12,24H,6-9H2,1-3H3. The van der Waals surface area contributed by atoms with Gasteiger partial charge < -0.3 is 14.6 Å². The summed E-state index contributed by atoms with van der Waals surface area (Å²) in [4.78, 5) is 14.0. The van der Waals surface area contributed by atoms with Crippen LogP contribution in [-0.2, 0) is 15.1 Å². The zero-order chi connectivity index (χ0) is 19.3. The van der Waals surface area contributed by atoms with Gasteiger partial charge in [0.25, 0.3) is 0 Å². The Morgan fingerprint density at radius 1 is 1.23 bits per heavy atom. The van der Waals surface area contributed by atoms with Crippen LogP contribution in [0.4, 0.5) is 18.0 Å². The maximum absolute atomic E-state index is 14.2. The van der Waals surface area contributed by atoms with Crippen molar-refractivity contribution in [2.45, 2.75) is 56.9 Å². The molecule has 1 aromatic rings. The molecule has 2 bridgehead atoms. The van der Waals surface area contributed by atoms with Crippen LogP contribution in [0.3, 0.4) is 0 Å². The summed E-state index contributed by atoms with van der Waals surface area (Å²) in [7, 11) is 0. The van der Waals surface area contributed by atoms with E-state index >= 15 is 0 Å². The number of nitrogens with zero attached hydrogens (tertiary/aromatic N) is 1. The molecule has 1 N–H and O–H groups in total. The van der Waals surface area contributed by atoms with Gasteiger partial charge in [0.1, 0.15) is 11.4 Å². The zero-order valence-electron chi connectivity index (χ0n) is 14.9. The molecule has 0 aromatic heterocycles. The van der Waals surface area contributed by atoms with Gasteiger partial charge >= 0.3 is 6.09 Å². The van der Waals surface area contributed by atoms with E-state index in [2.05, 4.69) is 0 Å². The van der Waals surface area contributed by atoms with Gasteiger partial charge in [-0.15, -0.1) is 0 Å². The molecule has 0 spiro atoms. The molecule has 144 valence electrons. The normalized spacial score (nSPS) is 28.8. The number of fused-ring (bicyclic) bond motifs is 2. The van der Waals surface area contributed by atoms with Gasteiger partial charge in [-0.05, 0) is 26.8 Å². The van der Waals surface area contributed by atoms with Crippen LogP contribution in [-0.4, -0.2) is 47.0 Å². The van der Waals surface area contributed by atoms with Crippen molar-refractivity contribution in [3.8, 4) is 0 Å². The molecule has 2 atom stereocenters. The number of piperidine rings is 1. The number of aliphatic hydroxyl groups is 1. The van der Waals surface area contributed by atoms with Crippen molar-refractivity contribution in [1.29, 1.82) is 0 Å². The summed E-state index contributed by atoms with van der Waals surface area (Å²) in [5.74, 6) is -3.61. The van der Waals surface area contributed by atoms with E-state index in [1.165, 1.54) is 4.90 Å². The highest BCUT2D eigenvalue weighted by molar-refractivity contribution is 5.69. The van der Waals surface area contributed by atoms with Gasteiger partial charge in [-0.1, -0.05) is 0 Å². The zero-order valence-corrected chi connectivity index (χ0v) is 14.9. The topological polar surface area (TPSA) is 59.0 Å². The fourth-order valence-corrected chi connectivity index (χ4v) is 3.70. The Labute approximate surface area is 149 Å². The molecule has 5 nitrogen and oxygen atoms in total. The Morgan fingerprint density at radius 3 is 2.35 bits per heavy atom. The molecule has 1 aromatic carbocycles. The van der Waals surface area contributed by atoms with Crippen molar-refractivity contribution in [2.24, 2.45) is 0 Å². The highest BCUT2D eigenvalue weighted by Gasteiger charge is 2.51. The van der Waals surface area contributed by atoms with Gasteiger partial charge in [0, 0.05) is 24.5 Å². The van der Waals surface area contributed by atoms with Crippen LogP contribution in [0.25, 0.3) is 0 Å². The molecule has 0 saturated carbocycles. The number of hydrogen-bond donors (Lipinski definition) is 1. The molecule has 0 aliphatic carbocycles. The maximum Gasteiger partial charge on any atom is 0.410 e. The van der Waals surface area contributed by atoms with Crippen molar-refractivity contribution < 1.29 is 32.5 Å². The predicted octanol–water partition coefficient (Wildman–Crippen LogP) is 3.09. The second-order valence-corrected chi connectivity index (χ2v) is 7.92. The molecule has 2 aliphatic heterocycles. The lowest BCUT2D eigenvalue weighted by molar-refractivity contribution is -0.142. The van der Waals surface area contributed by atoms with Crippen LogP contribution >= 0.6 is 0 Å². The van der Waals surface area contributed by atoms with E-state index in [9.17, 15) is 23.1 Å². The number of rotatable bonds is 1. The van der Waals surface area contributed by atoms with E-state index in [1.54, 1.807) is 20.8 Å². The van der Waals surface area contributed by atoms with Crippen LogP contribution in [0.2, 0.25) is 0 Å². The van der Waals surface area contributed by atoms with Gasteiger partial charge in [-0.2, -0.15) is 0 Å². The smallest absolute Gasteiger partial charge is 0.410 e. The minimum atomic E-state index is -1.80. The molecule has 2 saturated heterocycles. The molecule has 2 unspecified atom stereocenters. The molecule has 1 amide bonds. The minimum absolute atomic E-state index is 0.109. The average Bonchev–Trinajstić information content (AvgIpc) is 2.48. The molecular weight excluding hydrogens is 351 g/mol.